The lowest BCUT2D eigenvalue weighted by Gasteiger charge is -2.45. The Morgan fingerprint density at radius 3 is 1.55 bits per heavy atom. The van der Waals surface area contributed by atoms with Gasteiger partial charge in [0, 0.05) is 28.2 Å². The van der Waals surface area contributed by atoms with Crippen molar-refractivity contribution in [3.63, 3.8) is 0 Å². The third-order valence-corrected chi connectivity index (χ3v) is 13.5. The summed E-state index contributed by atoms with van der Waals surface area (Å²) < 4.78 is 0. The van der Waals surface area contributed by atoms with Crippen molar-refractivity contribution >= 4 is 34.1 Å². The van der Waals surface area contributed by atoms with E-state index in [-0.39, 0.29) is 5.41 Å². The summed E-state index contributed by atoms with van der Waals surface area (Å²) in [6.45, 7) is 4.71. The van der Waals surface area contributed by atoms with Gasteiger partial charge in [-0.15, -0.1) is 0 Å². The Kier molecular flexibility index (Phi) is 7.52. The summed E-state index contributed by atoms with van der Waals surface area (Å²) in [6, 6.07) is 80.8. The van der Waals surface area contributed by atoms with Gasteiger partial charge in [-0.05, 0) is 127 Å². The molecule has 60 heavy (non-hydrogen) atoms. The van der Waals surface area contributed by atoms with Crippen LogP contribution in [0, 0.1) is 0 Å². The number of hydrogen-bond donors (Lipinski definition) is 0. The van der Waals surface area contributed by atoms with Crippen LogP contribution in [0.3, 0.4) is 0 Å². The highest BCUT2D eigenvalue weighted by molar-refractivity contribution is 6.00. The molecule has 12 rings (SSSR count). The van der Waals surface area contributed by atoms with Crippen LogP contribution in [-0.2, 0) is 10.8 Å². The van der Waals surface area contributed by atoms with Crippen molar-refractivity contribution < 1.29 is 0 Å². The van der Waals surface area contributed by atoms with Gasteiger partial charge in [-0.2, -0.15) is 0 Å². The van der Waals surface area contributed by atoms with E-state index in [1.54, 1.807) is 0 Å². The summed E-state index contributed by atoms with van der Waals surface area (Å²) in [5.41, 5.74) is 22.1. The van der Waals surface area contributed by atoms with Crippen molar-refractivity contribution in [2.45, 2.75) is 24.7 Å². The van der Waals surface area contributed by atoms with Gasteiger partial charge in [0.05, 0.1) is 16.8 Å². The molecular weight excluding hydrogens is 725 g/mol. The maximum absolute atomic E-state index is 2.44. The van der Waals surface area contributed by atoms with E-state index in [9.17, 15) is 0 Å². The Morgan fingerprint density at radius 2 is 0.850 bits per heavy atom. The summed E-state index contributed by atoms with van der Waals surface area (Å²) >= 11 is 0. The zero-order valence-electron chi connectivity index (χ0n) is 33.7. The molecule has 0 atom stereocenters. The molecule has 0 amide bonds. The van der Waals surface area contributed by atoms with Crippen LogP contribution < -0.4 is 9.80 Å². The average molecular weight is 767 g/mol. The molecule has 0 fully saturated rings. The molecule has 0 unspecified atom stereocenters. The van der Waals surface area contributed by atoms with Gasteiger partial charge >= 0.3 is 0 Å². The third kappa shape index (κ3) is 4.76. The van der Waals surface area contributed by atoms with Crippen molar-refractivity contribution in [1.82, 2.24) is 0 Å². The largest absolute Gasteiger partial charge is 0.310 e. The maximum Gasteiger partial charge on any atom is 0.0754 e. The van der Waals surface area contributed by atoms with Crippen molar-refractivity contribution in [2.75, 3.05) is 9.80 Å². The molecule has 3 aliphatic rings. The Labute approximate surface area is 352 Å². The van der Waals surface area contributed by atoms with Crippen molar-refractivity contribution in [1.29, 1.82) is 0 Å². The predicted octanol–water partition coefficient (Wildman–Crippen LogP) is 15.3. The van der Waals surface area contributed by atoms with E-state index in [0.717, 1.165) is 22.7 Å². The monoisotopic (exact) mass is 766 g/mol. The molecule has 284 valence electrons. The molecule has 0 radical (unpaired) electrons. The van der Waals surface area contributed by atoms with Gasteiger partial charge in [-0.25, -0.2) is 0 Å². The van der Waals surface area contributed by atoms with Gasteiger partial charge in [0.25, 0.3) is 0 Å². The highest BCUT2D eigenvalue weighted by Crippen LogP contribution is 2.64. The van der Waals surface area contributed by atoms with E-state index in [2.05, 4.69) is 242 Å². The molecule has 1 spiro atoms. The highest BCUT2D eigenvalue weighted by atomic mass is 15.2. The fraction of sp³-hybridized carbons (Fsp3) is 0.0690. The smallest absolute Gasteiger partial charge is 0.0754 e. The molecule has 1 heterocycles. The summed E-state index contributed by atoms with van der Waals surface area (Å²) in [5, 5.41) is 0. The standard InChI is InChI=1S/C58H42N2/c1-57(2)48-25-11-9-22-45(48)46-37-36-43(38-53(46)57)59(40-18-5-3-6-19-40)42-34-32-39(33-35-42)44-24-17-29-52-56(44)47-23-10-12-26-49(47)58(52)50-27-13-15-30-54(50)60(41-20-7-4-8-21-41)55-31-16-14-28-51(55)58/h3-38H,1-2H3. The van der Waals surface area contributed by atoms with Crippen LogP contribution in [-0.4, -0.2) is 0 Å². The molecule has 2 nitrogen and oxygen atoms in total. The lowest BCUT2D eigenvalue weighted by molar-refractivity contribution is 0.660. The van der Waals surface area contributed by atoms with E-state index in [1.165, 1.54) is 78.1 Å². The van der Waals surface area contributed by atoms with Crippen LogP contribution >= 0.6 is 0 Å². The molecule has 0 saturated heterocycles. The molecule has 2 aliphatic carbocycles. The molecule has 9 aromatic carbocycles. The van der Waals surface area contributed by atoms with Crippen LogP contribution in [0.4, 0.5) is 34.1 Å². The van der Waals surface area contributed by atoms with E-state index in [1.807, 2.05) is 0 Å². The average Bonchev–Trinajstić information content (AvgIpc) is 3.73. The lowest BCUT2D eigenvalue weighted by atomic mass is 9.64. The van der Waals surface area contributed by atoms with Crippen LogP contribution in [0.25, 0.3) is 33.4 Å². The van der Waals surface area contributed by atoms with Crippen LogP contribution in [0.15, 0.2) is 218 Å². The second-order valence-electron chi connectivity index (χ2n) is 16.8. The van der Waals surface area contributed by atoms with E-state index in [4.69, 9.17) is 0 Å². The zero-order valence-corrected chi connectivity index (χ0v) is 33.7. The van der Waals surface area contributed by atoms with Gasteiger partial charge < -0.3 is 9.80 Å². The number of para-hydroxylation sites is 4. The minimum Gasteiger partial charge on any atom is -0.310 e. The van der Waals surface area contributed by atoms with E-state index < -0.39 is 5.41 Å². The number of rotatable bonds is 5. The van der Waals surface area contributed by atoms with Crippen LogP contribution in [0.5, 0.6) is 0 Å². The summed E-state index contributed by atoms with van der Waals surface area (Å²) in [7, 11) is 0. The van der Waals surface area contributed by atoms with Crippen LogP contribution in [0.1, 0.15) is 47.2 Å². The molecular formula is C58H42N2. The first-order valence-electron chi connectivity index (χ1n) is 21.0. The number of hydrogen-bond acceptors (Lipinski definition) is 2. The van der Waals surface area contributed by atoms with Gasteiger partial charge in [-0.1, -0.05) is 172 Å². The molecule has 0 N–H and O–H groups in total. The number of anilines is 6. The van der Waals surface area contributed by atoms with Gasteiger partial charge in [0.15, 0.2) is 0 Å². The molecule has 1 aliphatic heterocycles. The first kappa shape index (κ1) is 34.6. The molecule has 0 saturated carbocycles. The van der Waals surface area contributed by atoms with Crippen molar-refractivity contribution in [3.05, 3.63) is 252 Å². The van der Waals surface area contributed by atoms with Crippen molar-refractivity contribution in [3.8, 4) is 33.4 Å². The first-order chi connectivity index (χ1) is 29.5. The summed E-state index contributed by atoms with van der Waals surface area (Å²) in [5.74, 6) is 0. The summed E-state index contributed by atoms with van der Waals surface area (Å²) in [4.78, 5) is 4.84. The van der Waals surface area contributed by atoms with Gasteiger partial charge in [-0.3, -0.25) is 0 Å². The Hall–Kier alpha value is -7.42. The topological polar surface area (TPSA) is 6.48 Å². The Bertz CT molecular complexity index is 3080. The van der Waals surface area contributed by atoms with Crippen LogP contribution in [0.2, 0.25) is 0 Å². The Balaban J connectivity index is 1.02. The number of fused-ring (bicyclic) bond motifs is 12. The van der Waals surface area contributed by atoms with Gasteiger partial charge in [0.1, 0.15) is 0 Å². The fourth-order valence-electron chi connectivity index (χ4n) is 10.9. The van der Waals surface area contributed by atoms with Gasteiger partial charge in [0.2, 0.25) is 0 Å². The molecule has 0 aromatic heterocycles. The minimum atomic E-state index is -0.495. The fourth-order valence-corrected chi connectivity index (χ4v) is 10.9. The second-order valence-corrected chi connectivity index (χ2v) is 16.8. The number of benzene rings is 9. The molecule has 9 aromatic rings. The van der Waals surface area contributed by atoms with E-state index in [0.29, 0.717) is 0 Å². The zero-order chi connectivity index (χ0) is 40.0. The Morgan fingerprint density at radius 1 is 0.350 bits per heavy atom. The molecule has 2 heteroatoms. The third-order valence-electron chi connectivity index (χ3n) is 13.5. The normalized spacial score (nSPS) is 14.4. The maximum atomic E-state index is 2.44. The highest BCUT2D eigenvalue weighted by Gasteiger charge is 2.52. The lowest BCUT2D eigenvalue weighted by Crippen LogP contribution is -2.36. The molecule has 0 bridgehead atoms. The first-order valence-corrected chi connectivity index (χ1v) is 21.0. The summed E-state index contributed by atoms with van der Waals surface area (Å²) in [6.07, 6.45) is 0. The minimum absolute atomic E-state index is 0.0886. The predicted molar refractivity (Wildman–Crippen MR) is 250 cm³/mol. The quantitative estimate of drug-likeness (QED) is 0.172. The second kappa shape index (κ2) is 13.0. The SMILES string of the molecule is CC1(C)c2ccccc2-c2ccc(N(c3ccccc3)c3ccc(-c4cccc5c4-c4ccccc4C54c5ccccc5N(c5ccccc5)c5ccccc54)cc3)cc21. The number of nitrogens with zero attached hydrogens (tertiary/aromatic N) is 2. The van der Waals surface area contributed by atoms with E-state index >= 15 is 0 Å². The van der Waals surface area contributed by atoms with Crippen molar-refractivity contribution in [2.24, 2.45) is 0 Å².